The second kappa shape index (κ2) is 12.6. The van der Waals surface area contributed by atoms with Crippen LogP contribution in [-0.4, -0.2) is 34.9 Å². The molecule has 0 saturated carbocycles. The minimum absolute atomic E-state index is 0.199. The Morgan fingerprint density at radius 1 is 0.973 bits per heavy atom. The third-order valence-electron chi connectivity index (χ3n) is 5.78. The van der Waals surface area contributed by atoms with E-state index in [1.54, 1.807) is 11.0 Å². The summed E-state index contributed by atoms with van der Waals surface area (Å²) < 4.78 is 6.95. The highest BCUT2D eigenvalue weighted by molar-refractivity contribution is 9.10. The molecule has 0 spiro atoms. The molecule has 3 aromatic rings. The molecule has 0 saturated heterocycles. The fourth-order valence-electron chi connectivity index (χ4n) is 4.06. The summed E-state index contributed by atoms with van der Waals surface area (Å²) in [6.07, 6.45) is 0.367. The van der Waals surface area contributed by atoms with Crippen molar-refractivity contribution >= 4 is 39.3 Å². The monoisotopic (exact) mass is 584 g/mol. The van der Waals surface area contributed by atoms with Gasteiger partial charge >= 0.3 is 0 Å². The number of nitrogens with zero attached hydrogens (tertiary/aromatic N) is 1. The van der Waals surface area contributed by atoms with Gasteiger partial charge in [0.25, 0.3) is 5.91 Å². The molecule has 1 unspecified atom stereocenters. The number of amides is 2. The van der Waals surface area contributed by atoms with Crippen molar-refractivity contribution in [2.45, 2.75) is 59.2 Å². The summed E-state index contributed by atoms with van der Waals surface area (Å²) in [5.41, 5.74) is 3.37. The van der Waals surface area contributed by atoms with E-state index in [1.165, 1.54) is 0 Å². The largest absolute Gasteiger partial charge is 0.484 e. The van der Waals surface area contributed by atoms with Gasteiger partial charge in [0.15, 0.2) is 6.61 Å². The van der Waals surface area contributed by atoms with Gasteiger partial charge < -0.3 is 15.0 Å². The van der Waals surface area contributed by atoms with Crippen LogP contribution in [0.3, 0.4) is 0 Å². The van der Waals surface area contributed by atoms with Crippen LogP contribution in [0.15, 0.2) is 71.2 Å². The highest BCUT2D eigenvalue weighted by Gasteiger charge is 2.32. The van der Waals surface area contributed by atoms with E-state index in [2.05, 4.69) is 21.2 Å². The first-order valence-electron chi connectivity index (χ1n) is 12.2. The molecule has 0 bridgehead atoms. The molecule has 0 heterocycles. The van der Waals surface area contributed by atoms with Crippen LogP contribution in [0.4, 0.5) is 0 Å². The zero-order valence-corrected chi connectivity index (χ0v) is 24.3. The Morgan fingerprint density at radius 2 is 1.59 bits per heavy atom. The van der Waals surface area contributed by atoms with Crippen molar-refractivity contribution in [1.29, 1.82) is 0 Å². The van der Waals surface area contributed by atoms with Gasteiger partial charge in [0.05, 0.1) is 0 Å². The van der Waals surface area contributed by atoms with Gasteiger partial charge in [0, 0.05) is 28.0 Å². The molecule has 2 amide bonds. The van der Waals surface area contributed by atoms with E-state index in [-0.39, 0.29) is 25.0 Å². The first-order chi connectivity index (χ1) is 17.4. The Labute approximate surface area is 233 Å². The van der Waals surface area contributed by atoms with Gasteiger partial charge in [-0.25, -0.2) is 0 Å². The summed E-state index contributed by atoms with van der Waals surface area (Å²) in [4.78, 5) is 28.9. The number of halogens is 2. The van der Waals surface area contributed by atoms with Crippen LogP contribution in [-0.2, 0) is 22.6 Å². The number of hydrogen-bond acceptors (Lipinski definition) is 3. The van der Waals surface area contributed by atoms with E-state index in [4.69, 9.17) is 16.3 Å². The first-order valence-corrected chi connectivity index (χ1v) is 13.4. The number of carbonyl (C=O) groups excluding carboxylic acids is 2. The van der Waals surface area contributed by atoms with Crippen LogP contribution in [0.25, 0.3) is 0 Å². The molecule has 0 aliphatic heterocycles. The van der Waals surface area contributed by atoms with Crippen LogP contribution >= 0.6 is 27.5 Å². The maximum absolute atomic E-state index is 13.7. The molecule has 37 heavy (non-hydrogen) atoms. The predicted octanol–water partition coefficient (Wildman–Crippen LogP) is 6.65. The highest BCUT2D eigenvalue weighted by atomic mass is 79.9. The molecule has 0 fully saturated rings. The van der Waals surface area contributed by atoms with E-state index >= 15 is 0 Å². The summed E-state index contributed by atoms with van der Waals surface area (Å²) in [7, 11) is 0. The molecule has 3 aromatic carbocycles. The van der Waals surface area contributed by atoms with Crippen molar-refractivity contribution in [3.8, 4) is 5.75 Å². The Morgan fingerprint density at radius 3 is 2.19 bits per heavy atom. The molecule has 7 heteroatoms. The fraction of sp³-hybridized carbons (Fsp3) is 0.333. The molecular weight excluding hydrogens is 552 g/mol. The SMILES string of the molecule is Cc1cc(OCC(=O)N(Cc2cccc(Cl)c2)C(Cc2ccccc2)C(=O)NC(C)(C)C)cc(C)c1Br. The lowest BCUT2D eigenvalue weighted by molar-refractivity contribution is -0.143. The molecule has 1 atom stereocenters. The topological polar surface area (TPSA) is 58.6 Å². The van der Waals surface area contributed by atoms with Crippen molar-refractivity contribution in [3.63, 3.8) is 0 Å². The van der Waals surface area contributed by atoms with Gasteiger partial charge in [-0.05, 0) is 81.1 Å². The molecule has 0 aliphatic carbocycles. The maximum atomic E-state index is 13.7. The van der Waals surface area contributed by atoms with Gasteiger partial charge in [-0.3, -0.25) is 9.59 Å². The van der Waals surface area contributed by atoms with Crippen molar-refractivity contribution < 1.29 is 14.3 Å². The van der Waals surface area contributed by atoms with Gasteiger partial charge in [-0.15, -0.1) is 0 Å². The van der Waals surface area contributed by atoms with E-state index in [1.807, 2.05) is 95.3 Å². The van der Waals surface area contributed by atoms with E-state index in [0.29, 0.717) is 17.2 Å². The zero-order valence-electron chi connectivity index (χ0n) is 22.0. The lowest BCUT2D eigenvalue weighted by Gasteiger charge is -2.33. The maximum Gasteiger partial charge on any atom is 0.261 e. The van der Waals surface area contributed by atoms with Crippen molar-refractivity contribution in [3.05, 3.63) is 98.5 Å². The third-order valence-corrected chi connectivity index (χ3v) is 7.27. The number of nitrogens with one attached hydrogen (secondary N) is 1. The van der Waals surface area contributed by atoms with E-state index < -0.39 is 11.6 Å². The molecular formula is C30H34BrClN2O3. The lowest BCUT2D eigenvalue weighted by atomic mass is 10.0. The Bertz CT molecular complexity index is 1220. The van der Waals surface area contributed by atoms with Gasteiger partial charge in [-0.2, -0.15) is 0 Å². The smallest absolute Gasteiger partial charge is 0.261 e. The minimum Gasteiger partial charge on any atom is -0.484 e. The molecule has 196 valence electrons. The Balaban J connectivity index is 1.94. The number of ether oxygens (including phenoxy) is 1. The summed E-state index contributed by atoms with van der Waals surface area (Å²) in [6.45, 7) is 9.75. The first kappa shape index (κ1) is 28.7. The zero-order chi connectivity index (χ0) is 27.2. The Hall–Kier alpha value is -2.83. The highest BCUT2D eigenvalue weighted by Crippen LogP contribution is 2.26. The van der Waals surface area contributed by atoms with E-state index in [0.717, 1.165) is 26.7 Å². The lowest BCUT2D eigenvalue weighted by Crippen LogP contribution is -2.55. The summed E-state index contributed by atoms with van der Waals surface area (Å²) in [5.74, 6) is 0.0956. The van der Waals surface area contributed by atoms with Crippen molar-refractivity contribution in [1.82, 2.24) is 10.2 Å². The average molecular weight is 586 g/mol. The molecule has 3 rings (SSSR count). The molecule has 1 N–H and O–H groups in total. The standard InChI is InChI=1S/C30H34BrClN2O3/c1-20-14-25(15-21(2)28(20)31)37-19-27(35)34(18-23-12-9-13-24(32)16-23)26(29(36)33-30(3,4)5)17-22-10-7-6-8-11-22/h6-16,26H,17-19H2,1-5H3,(H,33,36). The summed E-state index contributed by atoms with van der Waals surface area (Å²) in [5, 5.41) is 3.63. The van der Waals surface area contributed by atoms with Gasteiger partial charge in [0.2, 0.25) is 5.91 Å². The Kier molecular flexibility index (Phi) is 9.80. The minimum atomic E-state index is -0.745. The normalized spacial score (nSPS) is 12.1. The van der Waals surface area contributed by atoms with Crippen molar-refractivity contribution in [2.24, 2.45) is 0 Å². The molecule has 0 aromatic heterocycles. The van der Waals surface area contributed by atoms with Crippen LogP contribution < -0.4 is 10.1 Å². The second-order valence-corrected chi connectivity index (χ2v) is 11.5. The van der Waals surface area contributed by atoms with Gasteiger partial charge in [0.1, 0.15) is 11.8 Å². The number of hydrogen-bond donors (Lipinski definition) is 1. The number of benzene rings is 3. The van der Waals surface area contributed by atoms with Gasteiger partial charge in [-0.1, -0.05) is 70.0 Å². The van der Waals surface area contributed by atoms with Crippen LogP contribution in [0.5, 0.6) is 5.75 Å². The second-order valence-electron chi connectivity index (χ2n) is 10.3. The molecule has 0 aliphatic rings. The van der Waals surface area contributed by atoms with E-state index in [9.17, 15) is 9.59 Å². The van der Waals surface area contributed by atoms with Crippen molar-refractivity contribution in [2.75, 3.05) is 6.61 Å². The third kappa shape index (κ3) is 8.61. The number of aryl methyl sites for hydroxylation is 2. The molecule has 0 radical (unpaired) electrons. The number of rotatable bonds is 9. The van der Waals surface area contributed by atoms with Crippen LogP contribution in [0.1, 0.15) is 43.0 Å². The van der Waals surface area contributed by atoms with Crippen LogP contribution in [0, 0.1) is 13.8 Å². The predicted molar refractivity (Wildman–Crippen MR) is 153 cm³/mol. The average Bonchev–Trinajstić information content (AvgIpc) is 2.82. The summed E-state index contributed by atoms with van der Waals surface area (Å²) >= 11 is 9.80. The van der Waals surface area contributed by atoms with Crippen LogP contribution in [0.2, 0.25) is 5.02 Å². The summed E-state index contributed by atoms with van der Waals surface area (Å²) in [6, 6.07) is 20.1. The number of carbonyl (C=O) groups is 2. The molecule has 5 nitrogen and oxygen atoms in total. The quantitative estimate of drug-likeness (QED) is 0.306. The fourth-order valence-corrected chi connectivity index (χ4v) is 4.50.